The third-order valence-electron chi connectivity index (χ3n) is 0.930. The summed E-state index contributed by atoms with van der Waals surface area (Å²) in [4.78, 5) is 10.6. The standard InChI is InChI=1S/C6H4N2O/c7-5-8-4-2-1-3-6(8)9/h1-4H. The molecule has 0 amide bonds. The van der Waals surface area contributed by atoms with Gasteiger partial charge in [-0.2, -0.15) is 5.26 Å². The molecule has 3 nitrogen and oxygen atoms in total. The van der Waals surface area contributed by atoms with Gasteiger partial charge in [-0.25, -0.2) is 4.57 Å². The summed E-state index contributed by atoms with van der Waals surface area (Å²) >= 11 is 0. The molecule has 0 aliphatic carbocycles. The number of hydrogen-bond donors (Lipinski definition) is 0. The summed E-state index contributed by atoms with van der Waals surface area (Å²) < 4.78 is 0.958. The van der Waals surface area contributed by atoms with E-state index in [0.717, 1.165) is 4.57 Å². The molecular formula is C6H4N2O. The Bertz CT molecular complexity index is 294. The summed E-state index contributed by atoms with van der Waals surface area (Å²) in [6.45, 7) is 0. The molecule has 3 heteroatoms. The van der Waals surface area contributed by atoms with Crippen LogP contribution in [0.1, 0.15) is 0 Å². The van der Waals surface area contributed by atoms with Crippen LogP contribution in [0.25, 0.3) is 0 Å². The van der Waals surface area contributed by atoms with Gasteiger partial charge < -0.3 is 0 Å². The zero-order valence-electron chi connectivity index (χ0n) is 4.61. The van der Waals surface area contributed by atoms with Crippen molar-refractivity contribution in [2.45, 2.75) is 0 Å². The van der Waals surface area contributed by atoms with Crippen LogP contribution in [0.2, 0.25) is 0 Å². The minimum absolute atomic E-state index is 0.292. The van der Waals surface area contributed by atoms with Crippen molar-refractivity contribution < 1.29 is 0 Å². The lowest BCUT2D eigenvalue weighted by Gasteiger charge is -1.85. The van der Waals surface area contributed by atoms with Crippen LogP contribution in [0, 0.1) is 11.5 Å². The van der Waals surface area contributed by atoms with Crippen LogP contribution < -0.4 is 5.56 Å². The average molecular weight is 120 g/mol. The van der Waals surface area contributed by atoms with Gasteiger partial charge in [-0.3, -0.25) is 4.79 Å². The first-order valence-corrected chi connectivity index (χ1v) is 2.42. The summed E-state index contributed by atoms with van der Waals surface area (Å²) in [5.41, 5.74) is -0.292. The van der Waals surface area contributed by atoms with Crippen LogP contribution in [-0.4, -0.2) is 4.57 Å². The molecular weight excluding hydrogens is 116 g/mol. The molecule has 0 bridgehead atoms. The summed E-state index contributed by atoms with van der Waals surface area (Å²) in [6.07, 6.45) is 3.12. The van der Waals surface area contributed by atoms with Crippen LogP contribution in [0.15, 0.2) is 29.2 Å². The van der Waals surface area contributed by atoms with Crippen molar-refractivity contribution in [3.63, 3.8) is 0 Å². The minimum atomic E-state index is -0.292. The van der Waals surface area contributed by atoms with Crippen molar-refractivity contribution in [1.29, 1.82) is 5.26 Å². The van der Waals surface area contributed by atoms with Crippen molar-refractivity contribution in [2.24, 2.45) is 0 Å². The van der Waals surface area contributed by atoms with Crippen molar-refractivity contribution in [2.75, 3.05) is 0 Å². The summed E-state index contributed by atoms with van der Waals surface area (Å²) in [7, 11) is 0. The molecule has 0 unspecified atom stereocenters. The van der Waals surface area contributed by atoms with Crippen LogP contribution in [-0.2, 0) is 0 Å². The second-order valence-electron chi connectivity index (χ2n) is 1.51. The molecule has 0 N–H and O–H groups in total. The van der Waals surface area contributed by atoms with Crippen molar-refractivity contribution >= 4 is 0 Å². The molecule has 0 aliphatic heterocycles. The topological polar surface area (TPSA) is 45.8 Å². The lowest BCUT2D eigenvalue weighted by atomic mass is 10.5. The van der Waals surface area contributed by atoms with E-state index < -0.39 is 0 Å². The van der Waals surface area contributed by atoms with E-state index >= 15 is 0 Å². The molecule has 0 spiro atoms. The van der Waals surface area contributed by atoms with E-state index in [2.05, 4.69) is 0 Å². The Hall–Kier alpha value is -1.56. The van der Waals surface area contributed by atoms with Gasteiger partial charge in [0.25, 0.3) is 5.56 Å². The maximum atomic E-state index is 10.6. The van der Waals surface area contributed by atoms with Crippen LogP contribution in [0.5, 0.6) is 0 Å². The zero-order chi connectivity index (χ0) is 6.69. The average Bonchev–Trinajstić information content (AvgIpc) is 1.89. The number of nitrogens with zero attached hydrogens (tertiary/aromatic N) is 2. The van der Waals surface area contributed by atoms with Gasteiger partial charge in [0.15, 0.2) is 6.19 Å². The quantitative estimate of drug-likeness (QED) is 0.490. The molecule has 0 aromatic carbocycles. The number of aromatic nitrogens is 1. The molecule has 1 aromatic heterocycles. The van der Waals surface area contributed by atoms with Gasteiger partial charge in [-0.15, -0.1) is 0 Å². The van der Waals surface area contributed by atoms with Gasteiger partial charge in [-0.1, -0.05) is 6.07 Å². The second kappa shape index (κ2) is 2.14. The molecule has 0 saturated heterocycles. The van der Waals surface area contributed by atoms with E-state index in [1.165, 1.54) is 12.3 Å². The van der Waals surface area contributed by atoms with E-state index in [-0.39, 0.29) is 5.56 Å². The van der Waals surface area contributed by atoms with Gasteiger partial charge in [0, 0.05) is 12.3 Å². The lowest BCUT2D eigenvalue weighted by molar-refractivity contribution is 1.01. The van der Waals surface area contributed by atoms with Gasteiger partial charge in [0.05, 0.1) is 0 Å². The highest BCUT2D eigenvalue weighted by Gasteiger charge is 1.85. The predicted octanol–water partition coefficient (Wildman–Crippen LogP) is 0.177. The Labute approximate surface area is 51.8 Å². The highest BCUT2D eigenvalue weighted by atomic mass is 16.1. The Kier molecular flexibility index (Phi) is 1.32. The smallest absolute Gasteiger partial charge is 0.263 e. The van der Waals surface area contributed by atoms with Crippen LogP contribution in [0.4, 0.5) is 0 Å². The number of pyridine rings is 1. The zero-order valence-corrected chi connectivity index (χ0v) is 4.61. The molecule has 0 fully saturated rings. The fraction of sp³-hybridized carbons (Fsp3) is 0. The summed E-state index contributed by atoms with van der Waals surface area (Å²) in [5.74, 6) is 0. The van der Waals surface area contributed by atoms with Gasteiger partial charge in [0.2, 0.25) is 0 Å². The third-order valence-corrected chi connectivity index (χ3v) is 0.930. The molecule has 0 atom stereocenters. The normalized spacial score (nSPS) is 8.33. The van der Waals surface area contributed by atoms with Crippen molar-refractivity contribution in [1.82, 2.24) is 4.57 Å². The molecule has 1 aromatic rings. The highest BCUT2D eigenvalue weighted by molar-refractivity contribution is 4.98. The van der Waals surface area contributed by atoms with Crippen LogP contribution in [0.3, 0.4) is 0 Å². The van der Waals surface area contributed by atoms with Crippen molar-refractivity contribution in [3.05, 3.63) is 34.7 Å². The molecule has 1 rings (SSSR count). The number of rotatable bonds is 0. The van der Waals surface area contributed by atoms with E-state index in [9.17, 15) is 4.79 Å². The first-order chi connectivity index (χ1) is 4.34. The van der Waals surface area contributed by atoms with E-state index in [1.807, 2.05) is 0 Å². The van der Waals surface area contributed by atoms with E-state index in [1.54, 1.807) is 18.3 Å². The van der Waals surface area contributed by atoms with Gasteiger partial charge in [-0.05, 0) is 6.07 Å². The number of nitriles is 1. The Balaban J connectivity index is 3.38. The van der Waals surface area contributed by atoms with Gasteiger partial charge in [0.1, 0.15) is 0 Å². The summed E-state index contributed by atoms with van der Waals surface area (Å²) in [5, 5.41) is 8.23. The second-order valence-corrected chi connectivity index (χ2v) is 1.51. The Morgan fingerprint density at radius 2 is 2.33 bits per heavy atom. The minimum Gasteiger partial charge on any atom is -0.268 e. The number of hydrogen-bond acceptors (Lipinski definition) is 2. The van der Waals surface area contributed by atoms with Gasteiger partial charge >= 0.3 is 0 Å². The highest BCUT2D eigenvalue weighted by Crippen LogP contribution is 1.75. The first kappa shape index (κ1) is 5.57. The summed E-state index contributed by atoms with van der Waals surface area (Å²) in [6, 6.07) is 4.56. The molecule has 0 aliphatic rings. The largest absolute Gasteiger partial charge is 0.268 e. The first-order valence-electron chi connectivity index (χ1n) is 2.42. The molecule has 1 heterocycles. The molecule has 0 radical (unpaired) electrons. The monoisotopic (exact) mass is 120 g/mol. The Morgan fingerprint density at radius 3 is 2.78 bits per heavy atom. The maximum Gasteiger partial charge on any atom is 0.263 e. The predicted molar refractivity (Wildman–Crippen MR) is 31.7 cm³/mol. The van der Waals surface area contributed by atoms with E-state index in [0.29, 0.717) is 0 Å². The maximum absolute atomic E-state index is 10.6. The lowest BCUT2D eigenvalue weighted by Crippen LogP contribution is -2.12. The SMILES string of the molecule is N#Cn1ccccc1=O. The molecule has 44 valence electrons. The van der Waals surface area contributed by atoms with Crippen molar-refractivity contribution in [3.8, 4) is 6.19 Å². The fourth-order valence-electron chi connectivity index (χ4n) is 0.510. The van der Waals surface area contributed by atoms with Crippen LogP contribution >= 0.6 is 0 Å². The third kappa shape index (κ3) is 0.970. The fourth-order valence-corrected chi connectivity index (χ4v) is 0.510. The molecule has 0 saturated carbocycles. The van der Waals surface area contributed by atoms with E-state index in [4.69, 9.17) is 5.26 Å². The molecule has 9 heavy (non-hydrogen) atoms. The Morgan fingerprint density at radius 1 is 1.56 bits per heavy atom.